The number of hydrogen-bond acceptors (Lipinski definition) is 6. The van der Waals surface area contributed by atoms with Crippen LogP contribution in [0.1, 0.15) is 22.5 Å². The number of aromatic amines is 1. The number of aromatic carboxylic acids is 1. The summed E-state index contributed by atoms with van der Waals surface area (Å²) in [6.45, 7) is 3.42. The van der Waals surface area contributed by atoms with Crippen LogP contribution in [0.25, 0.3) is 11.0 Å². The lowest BCUT2D eigenvalue weighted by Crippen LogP contribution is -2.48. The molecule has 1 atom stereocenters. The number of pyridine rings is 1. The van der Waals surface area contributed by atoms with Gasteiger partial charge in [0.1, 0.15) is 5.65 Å². The third kappa shape index (κ3) is 2.45. The average molecular weight is 379 g/mol. The van der Waals surface area contributed by atoms with Gasteiger partial charge in [-0.05, 0) is 31.0 Å². The maximum Gasteiger partial charge on any atom is 0.354 e. The van der Waals surface area contributed by atoms with E-state index in [2.05, 4.69) is 30.2 Å². The monoisotopic (exact) mass is 379 g/mol. The van der Waals surface area contributed by atoms with Gasteiger partial charge in [-0.15, -0.1) is 0 Å². The number of rotatable bonds is 2. The summed E-state index contributed by atoms with van der Waals surface area (Å²) in [7, 11) is 0. The number of aryl methyl sites for hydroxylation is 1. The van der Waals surface area contributed by atoms with Gasteiger partial charge in [0.25, 0.3) is 0 Å². The van der Waals surface area contributed by atoms with Crippen molar-refractivity contribution in [1.82, 2.24) is 19.9 Å². The van der Waals surface area contributed by atoms with Crippen LogP contribution in [0.3, 0.4) is 0 Å². The number of carboxylic acids is 1. The van der Waals surface area contributed by atoms with Gasteiger partial charge in [-0.1, -0.05) is 0 Å². The Kier molecular flexibility index (Phi) is 3.48. The van der Waals surface area contributed by atoms with Crippen molar-refractivity contribution in [1.29, 1.82) is 0 Å². The highest BCUT2D eigenvalue weighted by molar-refractivity contribution is 6.04. The Morgan fingerprint density at radius 2 is 2.18 bits per heavy atom. The second-order valence-electron chi connectivity index (χ2n) is 6.96. The maximum absolute atomic E-state index is 13.1. The zero-order valence-corrected chi connectivity index (χ0v) is 15.0. The lowest BCUT2D eigenvalue weighted by Gasteiger charge is -2.35. The molecule has 28 heavy (non-hydrogen) atoms. The minimum atomic E-state index is -1.13. The third-order valence-electron chi connectivity index (χ3n) is 5.25. The van der Waals surface area contributed by atoms with Gasteiger partial charge in [0.05, 0.1) is 11.7 Å². The highest BCUT2D eigenvalue weighted by atomic mass is 16.4. The molecule has 0 radical (unpaired) electrons. The molecule has 0 aromatic carbocycles. The Morgan fingerprint density at radius 3 is 3.00 bits per heavy atom. The van der Waals surface area contributed by atoms with E-state index in [-0.39, 0.29) is 17.7 Å². The van der Waals surface area contributed by atoms with Crippen molar-refractivity contribution in [3.8, 4) is 0 Å². The molecule has 3 aromatic heterocycles. The predicted molar refractivity (Wildman–Crippen MR) is 102 cm³/mol. The average Bonchev–Trinajstić information content (AvgIpc) is 3.26. The maximum atomic E-state index is 13.1. The molecule has 0 spiro atoms. The molecule has 3 aromatic rings. The van der Waals surface area contributed by atoms with Crippen molar-refractivity contribution >= 4 is 40.5 Å². The Bertz CT molecular complexity index is 1130. The summed E-state index contributed by atoms with van der Waals surface area (Å²) < 4.78 is 0. The van der Waals surface area contributed by atoms with Crippen LogP contribution in [0.15, 0.2) is 24.5 Å². The largest absolute Gasteiger partial charge is 0.477 e. The molecule has 5 heterocycles. The van der Waals surface area contributed by atoms with Crippen molar-refractivity contribution < 1.29 is 14.7 Å². The first-order valence-corrected chi connectivity index (χ1v) is 8.91. The van der Waals surface area contributed by atoms with Crippen LogP contribution in [0.5, 0.6) is 0 Å². The van der Waals surface area contributed by atoms with Crippen molar-refractivity contribution in [2.75, 3.05) is 28.2 Å². The third-order valence-corrected chi connectivity index (χ3v) is 5.25. The highest BCUT2D eigenvalue weighted by Gasteiger charge is 2.40. The number of carboxylic acid groups (broad SMARTS) is 1. The Balaban J connectivity index is 1.50. The Morgan fingerprint density at radius 1 is 1.32 bits per heavy atom. The van der Waals surface area contributed by atoms with Gasteiger partial charge < -0.3 is 15.0 Å². The van der Waals surface area contributed by atoms with Gasteiger partial charge in [0.15, 0.2) is 11.5 Å². The number of anilines is 3. The van der Waals surface area contributed by atoms with E-state index in [1.807, 2.05) is 13.1 Å². The molecule has 2 aliphatic heterocycles. The molecule has 1 saturated heterocycles. The molecule has 2 bridgehead atoms. The minimum absolute atomic E-state index is 0.0829. The normalized spacial score (nSPS) is 17.7. The Hall–Kier alpha value is -3.69. The van der Waals surface area contributed by atoms with Crippen LogP contribution < -0.4 is 15.1 Å². The first kappa shape index (κ1) is 16.5. The van der Waals surface area contributed by atoms with E-state index in [0.717, 1.165) is 29.6 Å². The quantitative estimate of drug-likeness (QED) is 0.621. The zero-order chi connectivity index (χ0) is 19.4. The van der Waals surface area contributed by atoms with Gasteiger partial charge in [-0.25, -0.2) is 19.6 Å². The molecule has 1 unspecified atom stereocenters. The molecule has 0 saturated carbocycles. The lowest BCUT2D eigenvalue weighted by atomic mass is 10.2. The summed E-state index contributed by atoms with van der Waals surface area (Å²) in [4.78, 5) is 43.9. The van der Waals surface area contributed by atoms with E-state index < -0.39 is 12.0 Å². The molecule has 1 fully saturated rings. The second-order valence-corrected chi connectivity index (χ2v) is 6.96. The van der Waals surface area contributed by atoms with Gasteiger partial charge in [0.2, 0.25) is 5.95 Å². The summed E-state index contributed by atoms with van der Waals surface area (Å²) >= 11 is 0. The molecule has 10 heteroatoms. The van der Waals surface area contributed by atoms with Gasteiger partial charge in [-0.2, -0.15) is 4.98 Å². The van der Waals surface area contributed by atoms with Crippen LogP contribution in [0, 0.1) is 6.92 Å². The second kappa shape index (κ2) is 5.91. The van der Waals surface area contributed by atoms with Crippen molar-refractivity contribution in [2.24, 2.45) is 0 Å². The number of amides is 2. The van der Waals surface area contributed by atoms with Crippen LogP contribution in [-0.2, 0) is 0 Å². The number of hydrogen-bond donors (Lipinski definition) is 3. The predicted octanol–water partition coefficient (Wildman–Crippen LogP) is 1.99. The smallest absolute Gasteiger partial charge is 0.354 e. The molecular formula is C18H17N7O3. The fourth-order valence-electron chi connectivity index (χ4n) is 3.84. The minimum Gasteiger partial charge on any atom is -0.477 e. The summed E-state index contributed by atoms with van der Waals surface area (Å²) in [5, 5.41) is 12.9. The van der Waals surface area contributed by atoms with Crippen LogP contribution >= 0.6 is 0 Å². The number of H-pyrrole nitrogens is 1. The standard InChI is InChI=1S/C18H17N7O3/c1-9-6-19-14-11(9)7-20-17(22-14)23-18(28)25-10-4-5-24(8-10)13-3-2-12(16(26)27)21-15(13)25/h2-3,6-7,10H,4-5,8H2,1H3,(H,26,27)(H2,19,20,22,23,28). The number of carbonyl (C=O) groups is 2. The molecule has 142 valence electrons. The van der Waals surface area contributed by atoms with Gasteiger partial charge >= 0.3 is 12.0 Å². The van der Waals surface area contributed by atoms with Crippen molar-refractivity contribution in [3.05, 3.63) is 35.8 Å². The molecule has 0 aliphatic carbocycles. The number of nitrogens with one attached hydrogen (secondary N) is 2. The number of nitrogens with zero attached hydrogens (tertiary/aromatic N) is 5. The van der Waals surface area contributed by atoms with E-state index in [9.17, 15) is 14.7 Å². The first-order valence-electron chi connectivity index (χ1n) is 8.91. The number of carbonyl (C=O) groups excluding carboxylic acids is 1. The molecular weight excluding hydrogens is 362 g/mol. The zero-order valence-electron chi connectivity index (χ0n) is 15.0. The highest BCUT2D eigenvalue weighted by Crippen LogP contribution is 2.39. The topological polar surface area (TPSA) is 127 Å². The fourth-order valence-corrected chi connectivity index (χ4v) is 3.84. The molecule has 2 aliphatic rings. The van der Waals surface area contributed by atoms with Gasteiger partial charge in [-0.3, -0.25) is 10.2 Å². The molecule has 5 rings (SSSR count). The Labute approximate surface area is 159 Å². The first-order chi connectivity index (χ1) is 13.5. The molecule has 3 N–H and O–H groups in total. The van der Waals surface area contributed by atoms with Gasteiger partial charge in [0, 0.05) is 30.9 Å². The lowest BCUT2D eigenvalue weighted by molar-refractivity contribution is 0.0690. The van der Waals surface area contributed by atoms with E-state index in [1.54, 1.807) is 12.3 Å². The van der Waals surface area contributed by atoms with E-state index in [4.69, 9.17) is 0 Å². The van der Waals surface area contributed by atoms with Crippen LogP contribution in [0.4, 0.5) is 22.2 Å². The summed E-state index contributed by atoms with van der Waals surface area (Å²) in [5.41, 5.74) is 2.32. The van der Waals surface area contributed by atoms with Crippen molar-refractivity contribution in [3.63, 3.8) is 0 Å². The van der Waals surface area contributed by atoms with Crippen LogP contribution in [-0.4, -0.2) is 56.2 Å². The van der Waals surface area contributed by atoms with E-state index >= 15 is 0 Å². The number of fused-ring (bicyclic) bond motifs is 5. The van der Waals surface area contributed by atoms with E-state index in [1.165, 1.54) is 11.0 Å². The number of aromatic nitrogens is 4. The summed E-state index contributed by atoms with van der Waals surface area (Å²) in [6.07, 6.45) is 4.27. The van der Waals surface area contributed by atoms with Crippen molar-refractivity contribution in [2.45, 2.75) is 19.4 Å². The SMILES string of the molecule is Cc1c[nH]c2nc(NC(=O)N3c4nc(C(=O)O)ccc4N4CCC3C4)ncc12. The fraction of sp³-hybridized carbons (Fsp3) is 0.278. The van der Waals surface area contributed by atoms with Crippen LogP contribution in [0.2, 0.25) is 0 Å². The number of urea groups is 1. The molecule has 2 amide bonds. The molecule has 10 nitrogen and oxygen atoms in total. The van der Waals surface area contributed by atoms with E-state index in [0.29, 0.717) is 18.0 Å². The summed E-state index contributed by atoms with van der Waals surface area (Å²) in [5.74, 6) is -0.606. The summed E-state index contributed by atoms with van der Waals surface area (Å²) in [6, 6.07) is 2.66.